The van der Waals surface area contributed by atoms with Gasteiger partial charge in [-0.15, -0.1) is 6.58 Å². The van der Waals surface area contributed by atoms with Crippen LogP contribution in [0, 0.1) is 0 Å². The van der Waals surface area contributed by atoms with Crippen molar-refractivity contribution in [3.63, 3.8) is 0 Å². The first-order chi connectivity index (χ1) is 12.9. The van der Waals surface area contributed by atoms with Crippen LogP contribution >= 0.6 is 0 Å². The second kappa shape index (κ2) is 11.6. The summed E-state index contributed by atoms with van der Waals surface area (Å²) in [6.07, 6.45) is 3.17. The van der Waals surface area contributed by atoms with Crippen LogP contribution in [-0.2, 0) is 20.7 Å². The fourth-order valence-corrected chi connectivity index (χ4v) is 1.97. The number of imide groups is 1. The van der Waals surface area contributed by atoms with Gasteiger partial charge >= 0.3 is 12.0 Å². The first-order valence-corrected chi connectivity index (χ1v) is 8.56. The molecule has 8 nitrogen and oxygen atoms in total. The highest BCUT2D eigenvalue weighted by atomic mass is 16.6. The molecule has 0 fully saturated rings. The van der Waals surface area contributed by atoms with Crippen molar-refractivity contribution in [2.24, 2.45) is 0 Å². The molecule has 1 atom stereocenters. The number of hydrogen-bond donors (Lipinski definition) is 2. The number of rotatable bonds is 10. The highest BCUT2D eigenvalue weighted by molar-refractivity contribution is 5.95. The Morgan fingerprint density at radius 2 is 1.96 bits per heavy atom. The van der Waals surface area contributed by atoms with E-state index in [9.17, 15) is 14.4 Å². The molecule has 0 aliphatic heterocycles. The molecule has 148 valence electrons. The molecule has 0 heterocycles. The third-order valence-corrected chi connectivity index (χ3v) is 3.56. The summed E-state index contributed by atoms with van der Waals surface area (Å²) >= 11 is 0. The third kappa shape index (κ3) is 8.26. The second-order valence-corrected chi connectivity index (χ2v) is 5.76. The molecule has 0 saturated heterocycles. The fourth-order valence-electron chi connectivity index (χ4n) is 1.97. The van der Waals surface area contributed by atoms with Gasteiger partial charge < -0.3 is 19.5 Å². The van der Waals surface area contributed by atoms with Gasteiger partial charge in [0.05, 0.1) is 7.11 Å². The summed E-state index contributed by atoms with van der Waals surface area (Å²) in [6, 6.07) is 4.59. The van der Waals surface area contributed by atoms with Gasteiger partial charge in [0.1, 0.15) is 0 Å². The summed E-state index contributed by atoms with van der Waals surface area (Å²) in [6.45, 7) is 6.40. The van der Waals surface area contributed by atoms with Crippen LogP contribution in [0.15, 0.2) is 30.9 Å². The first kappa shape index (κ1) is 22.0. The number of carbonyl (C=O) groups is 3. The number of amides is 3. The molecule has 0 aromatic heterocycles. The van der Waals surface area contributed by atoms with Crippen molar-refractivity contribution in [3.05, 3.63) is 36.4 Å². The maximum absolute atomic E-state index is 11.7. The highest BCUT2D eigenvalue weighted by Crippen LogP contribution is 2.28. The Bertz CT molecular complexity index is 674. The standard InChI is InChI=1S/C19H26N2O6/c1-5-7-14-8-9-15(16(10-14)25-4)26-12-18(23)27-11-17(22)21-19(24)20-13(3)6-2/h5,8-10,13H,1,6-7,11-12H2,2-4H3,(H2,20,21,22,24)/t13-/m1/s1. The number of allylic oxidation sites excluding steroid dienone is 1. The maximum Gasteiger partial charge on any atom is 0.344 e. The van der Waals surface area contributed by atoms with Crippen molar-refractivity contribution in [1.82, 2.24) is 10.6 Å². The van der Waals surface area contributed by atoms with Crippen LogP contribution in [-0.4, -0.2) is 44.3 Å². The van der Waals surface area contributed by atoms with E-state index in [4.69, 9.17) is 14.2 Å². The van der Waals surface area contributed by atoms with Gasteiger partial charge in [-0.1, -0.05) is 19.1 Å². The van der Waals surface area contributed by atoms with Crippen molar-refractivity contribution in [1.29, 1.82) is 0 Å². The molecular formula is C19H26N2O6. The largest absolute Gasteiger partial charge is 0.493 e. The Hall–Kier alpha value is -3.03. The smallest absolute Gasteiger partial charge is 0.344 e. The Kier molecular flexibility index (Phi) is 9.42. The molecule has 0 aliphatic carbocycles. The molecule has 8 heteroatoms. The Labute approximate surface area is 158 Å². The lowest BCUT2D eigenvalue weighted by atomic mass is 10.1. The number of benzene rings is 1. The lowest BCUT2D eigenvalue weighted by Crippen LogP contribution is -2.44. The molecule has 0 saturated carbocycles. The Morgan fingerprint density at radius 3 is 2.59 bits per heavy atom. The highest BCUT2D eigenvalue weighted by Gasteiger charge is 2.13. The molecule has 0 aliphatic rings. The lowest BCUT2D eigenvalue weighted by Gasteiger charge is -2.12. The van der Waals surface area contributed by atoms with Gasteiger partial charge in [0.25, 0.3) is 5.91 Å². The van der Waals surface area contributed by atoms with Gasteiger partial charge in [0, 0.05) is 6.04 Å². The molecule has 27 heavy (non-hydrogen) atoms. The Balaban J connectivity index is 2.42. The fraction of sp³-hybridized carbons (Fsp3) is 0.421. The number of esters is 1. The monoisotopic (exact) mass is 378 g/mol. The maximum atomic E-state index is 11.7. The molecule has 1 rings (SSSR count). The van der Waals surface area contributed by atoms with Crippen molar-refractivity contribution in [3.8, 4) is 11.5 Å². The SMILES string of the molecule is C=CCc1ccc(OCC(=O)OCC(=O)NC(=O)N[C@H](C)CC)c(OC)c1. The normalized spacial score (nSPS) is 11.1. The number of ether oxygens (including phenoxy) is 3. The molecular weight excluding hydrogens is 352 g/mol. The summed E-state index contributed by atoms with van der Waals surface area (Å²) in [5, 5.41) is 4.64. The van der Waals surface area contributed by atoms with Gasteiger partial charge in [-0.3, -0.25) is 10.1 Å². The van der Waals surface area contributed by atoms with Crippen molar-refractivity contribution < 1.29 is 28.6 Å². The van der Waals surface area contributed by atoms with Crippen molar-refractivity contribution >= 4 is 17.9 Å². The van der Waals surface area contributed by atoms with Gasteiger partial charge in [-0.2, -0.15) is 0 Å². The Morgan fingerprint density at radius 1 is 1.22 bits per heavy atom. The van der Waals surface area contributed by atoms with Gasteiger partial charge in [0.2, 0.25) is 0 Å². The third-order valence-electron chi connectivity index (χ3n) is 3.56. The number of carbonyl (C=O) groups excluding carboxylic acids is 3. The van der Waals surface area contributed by atoms with Crippen LogP contribution in [0.1, 0.15) is 25.8 Å². The van der Waals surface area contributed by atoms with Crippen molar-refractivity contribution in [2.45, 2.75) is 32.7 Å². The number of methoxy groups -OCH3 is 1. The van der Waals surface area contributed by atoms with Crippen LogP contribution in [0.3, 0.4) is 0 Å². The molecule has 0 radical (unpaired) electrons. The minimum atomic E-state index is -0.746. The topological polar surface area (TPSA) is 103 Å². The van der Waals surface area contributed by atoms with Gasteiger partial charge in [-0.05, 0) is 37.5 Å². The average Bonchev–Trinajstić information content (AvgIpc) is 2.65. The van der Waals surface area contributed by atoms with E-state index in [0.717, 1.165) is 12.0 Å². The molecule has 0 bridgehead atoms. The van der Waals surface area contributed by atoms with Crippen LogP contribution in [0.25, 0.3) is 0 Å². The van der Waals surface area contributed by atoms with Crippen LogP contribution in [0.4, 0.5) is 4.79 Å². The molecule has 0 spiro atoms. The minimum Gasteiger partial charge on any atom is -0.493 e. The predicted octanol–water partition coefficient (Wildman–Crippen LogP) is 1.97. The summed E-state index contributed by atoms with van der Waals surface area (Å²) in [5.74, 6) is -0.624. The number of hydrogen-bond acceptors (Lipinski definition) is 6. The number of nitrogens with one attached hydrogen (secondary N) is 2. The first-order valence-electron chi connectivity index (χ1n) is 8.56. The molecule has 1 aromatic rings. The van der Waals surface area contributed by atoms with E-state index in [-0.39, 0.29) is 6.04 Å². The summed E-state index contributed by atoms with van der Waals surface area (Å²) in [4.78, 5) is 34.8. The molecule has 2 N–H and O–H groups in total. The second-order valence-electron chi connectivity index (χ2n) is 5.76. The zero-order valence-electron chi connectivity index (χ0n) is 15.9. The van der Waals surface area contributed by atoms with Crippen LogP contribution in [0.5, 0.6) is 11.5 Å². The molecule has 1 aromatic carbocycles. The zero-order valence-corrected chi connectivity index (χ0v) is 15.9. The average molecular weight is 378 g/mol. The van der Waals surface area contributed by atoms with Crippen molar-refractivity contribution in [2.75, 3.05) is 20.3 Å². The van der Waals surface area contributed by atoms with E-state index in [1.807, 2.05) is 13.0 Å². The lowest BCUT2D eigenvalue weighted by molar-refractivity contribution is -0.150. The van der Waals surface area contributed by atoms with Crippen LogP contribution < -0.4 is 20.1 Å². The van der Waals surface area contributed by atoms with E-state index >= 15 is 0 Å². The molecule has 0 unspecified atom stereocenters. The quantitative estimate of drug-likeness (QED) is 0.477. The van der Waals surface area contributed by atoms with E-state index in [2.05, 4.69) is 17.2 Å². The zero-order chi connectivity index (χ0) is 20.2. The van der Waals surface area contributed by atoms with Gasteiger partial charge in [0.15, 0.2) is 24.7 Å². The van der Waals surface area contributed by atoms with E-state index < -0.39 is 31.1 Å². The van der Waals surface area contributed by atoms with E-state index in [0.29, 0.717) is 17.9 Å². The van der Waals surface area contributed by atoms with Crippen LogP contribution in [0.2, 0.25) is 0 Å². The number of urea groups is 1. The predicted molar refractivity (Wildman–Crippen MR) is 99.8 cm³/mol. The summed E-state index contributed by atoms with van der Waals surface area (Å²) in [5.41, 5.74) is 0.990. The van der Waals surface area contributed by atoms with Gasteiger partial charge in [-0.25, -0.2) is 9.59 Å². The minimum absolute atomic E-state index is 0.0680. The summed E-state index contributed by atoms with van der Waals surface area (Å²) in [7, 11) is 1.49. The van der Waals surface area contributed by atoms with E-state index in [1.165, 1.54) is 7.11 Å². The van der Waals surface area contributed by atoms with E-state index in [1.54, 1.807) is 25.1 Å². The summed E-state index contributed by atoms with van der Waals surface area (Å²) < 4.78 is 15.4. The molecule has 3 amide bonds.